The molecule has 0 spiro atoms. The largest absolute Gasteiger partial charge is 0.347 e. The van der Waals surface area contributed by atoms with Crippen molar-refractivity contribution in [2.24, 2.45) is 0 Å². The van der Waals surface area contributed by atoms with E-state index in [-0.39, 0.29) is 12.6 Å². The summed E-state index contributed by atoms with van der Waals surface area (Å²) >= 11 is 0. The number of rotatable bonds is 5. The molecular weight excluding hydrogens is 342 g/mol. The first kappa shape index (κ1) is 18.9. The van der Waals surface area contributed by atoms with Gasteiger partial charge in [0.25, 0.3) is 0 Å². The molecule has 3 rings (SSSR count). The molecule has 0 bridgehead atoms. The molecule has 8 nitrogen and oxygen atoms in total. The van der Waals surface area contributed by atoms with Crippen LogP contribution in [0.3, 0.4) is 0 Å². The van der Waals surface area contributed by atoms with Crippen molar-refractivity contribution in [2.75, 3.05) is 42.3 Å². The summed E-state index contributed by atoms with van der Waals surface area (Å²) in [6.45, 7) is 6.15. The van der Waals surface area contributed by atoms with Crippen molar-refractivity contribution in [3.05, 3.63) is 35.2 Å². The number of anilines is 3. The maximum absolute atomic E-state index is 12.3. The topological polar surface area (TPSA) is 86.3 Å². The van der Waals surface area contributed by atoms with Gasteiger partial charge in [-0.1, -0.05) is 17.7 Å². The summed E-state index contributed by atoms with van der Waals surface area (Å²) < 4.78 is 0. The smallest absolute Gasteiger partial charge is 0.319 e. The molecule has 0 radical (unpaired) electrons. The Labute approximate surface area is 160 Å². The lowest BCUT2D eigenvalue weighted by molar-refractivity contribution is 0.251. The highest BCUT2D eigenvalue weighted by atomic mass is 16.2. The first-order valence-corrected chi connectivity index (χ1v) is 9.22. The van der Waals surface area contributed by atoms with Crippen LogP contribution in [0.25, 0.3) is 0 Å². The van der Waals surface area contributed by atoms with Crippen molar-refractivity contribution >= 4 is 23.6 Å². The summed E-state index contributed by atoms with van der Waals surface area (Å²) in [7, 11) is 3.79. The molecule has 1 aromatic carbocycles. The Morgan fingerprint density at radius 3 is 2.56 bits per heavy atom. The molecule has 0 aliphatic carbocycles. The Kier molecular flexibility index (Phi) is 5.73. The number of nitrogens with one attached hydrogen (secondary N) is 2. The summed E-state index contributed by atoms with van der Waals surface area (Å²) in [5.41, 5.74) is 2.98. The molecule has 0 atom stereocenters. The molecule has 1 aliphatic heterocycles. The van der Waals surface area contributed by atoms with Gasteiger partial charge in [0, 0.05) is 32.9 Å². The monoisotopic (exact) mass is 369 g/mol. The van der Waals surface area contributed by atoms with Crippen LogP contribution in [0.1, 0.15) is 29.8 Å². The van der Waals surface area contributed by atoms with Crippen molar-refractivity contribution in [1.29, 1.82) is 0 Å². The van der Waals surface area contributed by atoms with E-state index >= 15 is 0 Å². The van der Waals surface area contributed by atoms with E-state index in [0.717, 1.165) is 42.7 Å². The van der Waals surface area contributed by atoms with Crippen molar-refractivity contribution in [1.82, 2.24) is 20.3 Å². The maximum Gasteiger partial charge on any atom is 0.319 e. The van der Waals surface area contributed by atoms with Crippen molar-refractivity contribution < 1.29 is 4.79 Å². The maximum atomic E-state index is 12.3. The van der Waals surface area contributed by atoms with Crippen LogP contribution in [-0.4, -0.2) is 48.2 Å². The molecule has 2 heterocycles. The van der Waals surface area contributed by atoms with Gasteiger partial charge < -0.3 is 20.4 Å². The van der Waals surface area contributed by atoms with Gasteiger partial charge in [-0.15, -0.1) is 0 Å². The first-order chi connectivity index (χ1) is 12.9. The Morgan fingerprint density at radius 2 is 1.89 bits per heavy atom. The molecule has 144 valence electrons. The van der Waals surface area contributed by atoms with Crippen LogP contribution in [0.2, 0.25) is 0 Å². The van der Waals surface area contributed by atoms with E-state index in [0.29, 0.717) is 17.7 Å². The molecule has 2 amide bonds. The Balaban J connectivity index is 1.68. The molecule has 2 N–H and O–H groups in total. The van der Waals surface area contributed by atoms with Crippen molar-refractivity contribution in [3.63, 3.8) is 0 Å². The standard InChI is InChI=1S/C19H27N7O/c1-13-7-8-15(14(2)11-13)21-19(27)20-12-16-22-17(25(3)4)24-18(23-16)26-9-5-6-10-26/h7-8,11H,5-6,9-10,12H2,1-4H3,(H2,20,21,27). The lowest BCUT2D eigenvalue weighted by Gasteiger charge is -2.19. The highest BCUT2D eigenvalue weighted by Crippen LogP contribution is 2.18. The minimum absolute atomic E-state index is 0.237. The van der Waals surface area contributed by atoms with Gasteiger partial charge in [0.1, 0.15) is 0 Å². The minimum Gasteiger partial charge on any atom is -0.347 e. The summed E-state index contributed by atoms with van der Waals surface area (Å²) in [5, 5.41) is 5.71. The van der Waals surface area contributed by atoms with Crippen LogP contribution in [0.5, 0.6) is 0 Å². The summed E-state index contributed by atoms with van der Waals surface area (Å²) in [6.07, 6.45) is 2.30. The summed E-state index contributed by atoms with van der Waals surface area (Å²) in [5.74, 6) is 1.82. The number of nitrogens with zero attached hydrogens (tertiary/aromatic N) is 5. The van der Waals surface area contributed by atoms with E-state index in [1.165, 1.54) is 0 Å². The zero-order chi connectivity index (χ0) is 19.4. The number of aromatic nitrogens is 3. The van der Waals surface area contributed by atoms with Gasteiger partial charge in [-0.25, -0.2) is 4.79 Å². The molecule has 1 fully saturated rings. The lowest BCUT2D eigenvalue weighted by Crippen LogP contribution is -2.30. The fourth-order valence-corrected chi connectivity index (χ4v) is 3.01. The summed E-state index contributed by atoms with van der Waals surface area (Å²) in [6, 6.07) is 5.63. The predicted octanol–water partition coefficient (Wildman–Crippen LogP) is 2.48. The second-order valence-corrected chi connectivity index (χ2v) is 7.07. The molecular formula is C19H27N7O. The molecule has 0 saturated carbocycles. The van der Waals surface area contributed by atoms with Crippen LogP contribution in [0.4, 0.5) is 22.4 Å². The number of benzene rings is 1. The molecule has 2 aromatic rings. The Morgan fingerprint density at radius 1 is 1.15 bits per heavy atom. The van der Waals surface area contributed by atoms with Gasteiger partial charge >= 0.3 is 6.03 Å². The van der Waals surface area contributed by atoms with Gasteiger partial charge in [0.05, 0.1) is 6.54 Å². The molecule has 8 heteroatoms. The van der Waals surface area contributed by atoms with Crippen molar-refractivity contribution in [3.8, 4) is 0 Å². The van der Waals surface area contributed by atoms with Crippen LogP contribution >= 0.6 is 0 Å². The Hall–Kier alpha value is -2.90. The molecule has 1 aromatic heterocycles. The van der Waals surface area contributed by atoms with Gasteiger partial charge in [0.2, 0.25) is 11.9 Å². The zero-order valence-electron chi connectivity index (χ0n) is 16.4. The number of urea groups is 1. The highest BCUT2D eigenvalue weighted by molar-refractivity contribution is 5.90. The zero-order valence-corrected chi connectivity index (χ0v) is 16.4. The number of carbonyl (C=O) groups is 1. The lowest BCUT2D eigenvalue weighted by atomic mass is 10.1. The molecule has 1 aliphatic rings. The van der Waals surface area contributed by atoms with Crippen LogP contribution < -0.4 is 20.4 Å². The third kappa shape index (κ3) is 4.84. The van der Waals surface area contributed by atoms with E-state index in [9.17, 15) is 4.79 Å². The van der Waals surface area contributed by atoms with E-state index in [1.54, 1.807) is 0 Å². The van der Waals surface area contributed by atoms with Gasteiger partial charge in [-0.3, -0.25) is 0 Å². The third-order valence-corrected chi connectivity index (χ3v) is 4.48. The number of hydrogen-bond acceptors (Lipinski definition) is 6. The second-order valence-electron chi connectivity index (χ2n) is 7.07. The third-order valence-electron chi connectivity index (χ3n) is 4.48. The highest BCUT2D eigenvalue weighted by Gasteiger charge is 2.18. The predicted molar refractivity (Wildman–Crippen MR) is 107 cm³/mol. The fourth-order valence-electron chi connectivity index (χ4n) is 3.01. The SMILES string of the molecule is Cc1ccc(NC(=O)NCc2nc(N(C)C)nc(N3CCCC3)n2)c(C)c1. The van der Waals surface area contributed by atoms with Crippen molar-refractivity contribution in [2.45, 2.75) is 33.2 Å². The first-order valence-electron chi connectivity index (χ1n) is 9.22. The van der Waals surface area contributed by atoms with E-state index in [4.69, 9.17) is 0 Å². The second kappa shape index (κ2) is 8.20. The van der Waals surface area contributed by atoms with E-state index in [2.05, 4.69) is 30.5 Å². The quantitative estimate of drug-likeness (QED) is 0.842. The average Bonchev–Trinajstić information content (AvgIpc) is 3.17. The summed E-state index contributed by atoms with van der Waals surface area (Å²) in [4.78, 5) is 29.8. The number of hydrogen-bond donors (Lipinski definition) is 2. The normalized spacial score (nSPS) is 13.6. The van der Waals surface area contributed by atoms with E-state index < -0.39 is 0 Å². The number of amides is 2. The molecule has 27 heavy (non-hydrogen) atoms. The van der Waals surface area contributed by atoms with Crippen LogP contribution in [-0.2, 0) is 6.54 Å². The van der Waals surface area contributed by atoms with Gasteiger partial charge in [-0.05, 0) is 38.3 Å². The fraction of sp³-hybridized carbons (Fsp3) is 0.474. The average molecular weight is 369 g/mol. The molecule has 1 saturated heterocycles. The number of carbonyl (C=O) groups excluding carboxylic acids is 1. The number of aryl methyl sites for hydroxylation is 2. The van der Waals surface area contributed by atoms with Crippen LogP contribution in [0, 0.1) is 13.8 Å². The van der Waals surface area contributed by atoms with Gasteiger partial charge in [-0.2, -0.15) is 15.0 Å². The molecule has 0 unspecified atom stereocenters. The Bertz CT molecular complexity index is 816. The van der Waals surface area contributed by atoms with Crippen LogP contribution in [0.15, 0.2) is 18.2 Å². The minimum atomic E-state index is -0.281. The van der Waals surface area contributed by atoms with E-state index in [1.807, 2.05) is 51.0 Å². The van der Waals surface area contributed by atoms with Gasteiger partial charge in [0.15, 0.2) is 5.82 Å².